The Hall–Kier alpha value is -0.830. The van der Waals surface area contributed by atoms with Crippen LogP contribution in [0.2, 0.25) is 0 Å². The summed E-state index contributed by atoms with van der Waals surface area (Å²) in [7, 11) is 1.93. The van der Waals surface area contributed by atoms with Gasteiger partial charge >= 0.3 is 0 Å². The summed E-state index contributed by atoms with van der Waals surface area (Å²) in [5.74, 6) is 1.42. The highest BCUT2D eigenvalue weighted by molar-refractivity contribution is 5.07. The first kappa shape index (κ1) is 8.75. The molecule has 0 aliphatic heterocycles. The van der Waals surface area contributed by atoms with Crippen molar-refractivity contribution in [3.8, 4) is 0 Å². The van der Waals surface area contributed by atoms with Gasteiger partial charge in [-0.2, -0.15) is 5.10 Å². The SMILES string of the molecule is CC(C1CC1)C(N)c1ccn(C)n1. The fraction of sp³-hybridized carbons (Fsp3) is 0.700. The molecule has 1 aliphatic rings. The molecule has 0 aromatic carbocycles. The van der Waals surface area contributed by atoms with Crippen molar-refractivity contribution in [1.29, 1.82) is 0 Å². The van der Waals surface area contributed by atoms with Crippen LogP contribution in [0.4, 0.5) is 0 Å². The number of hydrogen-bond donors (Lipinski definition) is 1. The average molecular weight is 179 g/mol. The van der Waals surface area contributed by atoms with Crippen LogP contribution in [-0.4, -0.2) is 9.78 Å². The van der Waals surface area contributed by atoms with E-state index < -0.39 is 0 Å². The summed E-state index contributed by atoms with van der Waals surface area (Å²) < 4.78 is 1.81. The van der Waals surface area contributed by atoms with Gasteiger partial charge < -0.3 is 5.73 Å². The maximum Gasteiger partial charge on any atom is 0.0794 e. The van der Waals surface area contributed by atoms with Crippen LogP contribution in [0.15, 0.2) is 12.3 Å². The molecule has 0 amide bonds. The monoisotopic (exact) mass is 179 g/mol. The second-order valence-electron chi connectivity index (χ2n) is 4.14. The largest absolute Gasteiger partial charge is 0.322 e. The van der Waals surface area contributed by atoms with E-state index in [1.54, 1.807) is 0 Å². The average Bonchev–Trinajstić information content (AvgIpc) is 2.87. The molecule has 2 N–H and O–H groups in total. The maximum absolute atomic E-state index is 6.12. The Morgan fingerprint density at radius 2 is 2.31 bits per heavy atom. The van der Waals surface area contributed by atoms with Crippen molar-refractivity contribution >= 4 is 0 Å². The van der Waals surface area contributed by atoms with Crippen LogP contribution in [0.1, 0.15) is 31.5 Å². The lowest BCUT2D eigenvalue weighted by molar-refractivity contribution is 0.407. The Kier molecular flexibility index (Phi) is 2.12. The molecule has 13 heavy (non-hydrogen) atoms. The van der Waals surface area contributed by atoms with Gasteiger partial charge in [-0.05, 0) is 30.7 Å². The molecule has 1 aliphatic carbocycles. The van der Waals surface area contributed by atoms with Crippen LogP contribution < -0.4 is 5.73 Å². The zero-order valence-corrected chi connectivity index (χ0v) is 8.27. The highest BCUT2D eigenvalue weighted by Crippen LogP contribution is 2.41. The third-order valence-corrected chi connectivity index (χ3v) is 3.01. The molecule has 1 aromatic rings. The minimum Gasteiger partial charge on any atom is -0.322 e. The number of aryl methyl sites for hydroxylation is 1. The van der Waals surface area contributed by atoms with Gasteiger partial charge in [0.25, 0.3) is 0 Å². The third-order valence-electron chi connectivity index (χ3n) is 3.01. The second kappa shape index (κ2) is 3.14. The topological polar surface area (TPSA) is 43.8 Å². The molecule has 0 saturated heterocycles. The van der Waals surface area contributed by atoms with Gasteiger partial charge in [-0.15, -0.1) is 0 Å². The van der Waals surface area contributed by atoms with E-state index >= 15 is 0 Å². The number of hydrogen-bond acceptors (Lipinski definition) is 2. The predicted octanol–water partition coefficient (Wildman–Crippen LogP) is 1.47. The van der Waals surface area contributed by atoms with Crippen molar-refractivity contribution in [2.75, 3.05) is 0 Å². The van der Waals surface area contributed by atoms with Crippen molar-refractivity contribution in [3.05, 3.63) is 18.0 Å². The molecule has 1 heterocycles. The zero-order valence-electron chi connectivity index (χ0n) is 8.27. The van der Waals surface area contributed by atoms with E-state index in [4.69, 9.17) is 5.73 Å². The molecular formula is C10H17N3. The van der Waals surface area contributed by atoms with Gasteiger partial charge in [0.05, 0.1) is 11.7 Å². The van der Waals surface area contributed by atoms with Crippen molar-refractivity contribution in [2.45, 2.75) is 25.8 Å². The smallest absolute Gasteiger partial charge is 0.0794 e. The van der Waals surface area contributed by atoms with Crippen LogP contribution in [0.5, 0.6) is 0 Å². The molecule has 0 radical (unpaired) electrons. The number of nitrogens with two attached hydrogens (primary N) is 1. The lowest BCUT2D eigenvalue weighted by Gasteiger charge is -2.16. The van der Waals surface area contributed by atoms with Crippen LogP contribution >= 0.6 is 0 Å². The van der Waals surface area contributed by atoms with Gasteiger partial charge in [0.1, 0.15) is 0 Å². The van der Waals surface area contributed by atoms with Crippen LogP contribution in [0.3, 0.4) is 0 Å². The molecular weight excluding hydrogens is 162 g/mol. The molecule has 1 saturated carbocycles. The van der Waals surface area contributed by atoms with Crippen LogP contribution in [0, 0.1) is 11.8 Å². The van der Waals surface area contributed by atoms with Gasteiger partial charge in [-0.3, -0.25) is 4.68 Å². The molecule has 0 spiro atoms. The number of aromatic nitrogens is 2. The molecule has 2 unspecified atom stereocenters. The standard InChI is InChI=1S/C10H17N3/c1-7(8-3-4-8)10(11)9-5-6-13(2)12-9/h5-8,10H,3-4,11H2,1-2H3. The normalized spacial score (nSPS) is 21.5. The molecule has 3 nitrogen and oxygen atoms in total. The van der Waals surface area contributed by atoms with E-state index in [0.29, 0.717) is 5.92 Å². The minimum atomic E-state index is 0.119. The van der Waals surface area contributed by atoms with Crippen LogP contribution in [0.25, 0.3) is 0 Å². The zero-order chi connectivity index (χ0) is 9.42. The van der Waals surface area contributed by atoms with E-state index in [1.165, 1.54) is 12.8 Å². The first-order chi connectivity index (χ1) is 6.18. The molecule has 1 aromatic heterocycles. The van der Waals surface area contributed by atoms with Gasteiger partial charge in [0.2, 0.25) is 0 Å². The summed E-state index contributed by atoms with van der Waals surface area (Å²) in [4.78, 5) is 0. The van der Waals surface area contributed by atoms with Gasteiger partial charge in [-0.1, -0.05) is 6.92 Å². The Morgan fingerprint density at radius 3 is 2.77 bits per heavy atom. The highest BCUT2D eigenvalue weighted by atomic mass is 15.3. The van der Waals surface area contributed by atoms with E-state index in [2.05, 4.69) is 12.0 Å². The Balaban J connectivity index is 2.06. The molecule has 0 bridgehead atoms. The fourth-order valence-electron chi connectivity index (χ4n) is 1.80. The maximum atomic E-state index is 6.12. The number of rotatable bonds is 3. The molecule has 2 rings (SSSR count). The summed E-state index contributed by atoms with van der Waals surface area (Å²) in [6.45, 7) is 2.23. The molecule has 2 atom stereocenters. The van der Waals surface area contributed by atoms with Crippen molar-refractivity contribution in [2.24, 2.45) is 24.6 Å². The highest BCUT2D eigenvalue weighted by Gasteiger charge is 2.32. The van der Waals surface area contributed by atoms with Gasteiger partial charge in [-0.25, -0.2) is 0 Å². The Bertz CT molecular complexity index is 288. The van der Waals surface area contributed by atoms with E-state index in [1.807, 2.05) is 24.0 Å². The third kappa shape index (κ3) is 1.75. The lowest BCUT2D eigenvalue weighted by atomic mass is 9.95. The first-order valence-electron chi connectivity index (χ1n) is 4.93. The lowest BCUT2D eigenvalue weighted by Crippen LogP contribution is -2.21. The molecule has 1 fully saturated rings. The van der Waals surface area contributed by atoms with Gasteiger partial charge in [0.15, 0.2) is 0 Å². The summed E-state index contributed by atoms with van der Waals surface area (Å²) in [5.41, 5.74) is 7.15. The van der Waals surface area contributed by atoms with Crippen LogP contribution in [-0.2, 0) is 7.05 Å². The summed E-state index contributed by atoms with van der Waals surface area (Å²) >= 11 is 0. The van der Waals surface area contributed by atoms with Crippen molar-refractivity contribution < 1.29 is 0 Å². The second-order valence-corrected chi connectivity index (χ2v) is 4.14. The van der Waals surface area contributed by atoms with E-state index in [-0.39, 0.29) is 6.04 Å². The van der Waals surface area contributed by atoms with Crippen molar-refractivity contribution in [1.82, 2.24) is 9.78 Å². The molecule has 3 heteroatoms. The van der Waals surface area contributed by atoms with E-state index in [9.17, 15) is 0 Å². The Labute approximate surface area is 78.9 Å². The van der Waals surface area contributed by atoms with E-state index in [0.717, 1.165) is 11.6 Å². The first-order valence-corrected chi connectivity index (χ1v) is 4.93. The fourth-order valence-corrected chi connectivity index (χ4v) is 1.80. The quantitative estimate of drug-likeness (QED) is 0.763. The Morgan fingerprint density at radius 1 is 1.62 bits per heavy atom. The molecule has 72 valence electrons. The number of nitrogens with zero attached hydrogens (tertiary/aromatic N) is 2. The van der Waals surface area contributed by atoms with Gasteiger partial charge in [0, 0.05) is 13.2 Å². The summed E-state index contributed by atoms with van der Waals surface area (Å²) in [6.07, 6.45) is 4.65. The van der Waals surface area contributed by atoms with Crippen molar-refractivity contribution in [3.63, 3.8) is 0 Å². The summed E-state index contributed by atoms with van der Waals surface area (Å²) in [6, 6.07) is 2.14. The predicted molar refractivity (Wildman–Crippen MR) is 52.0 cm³/mol. The summed E-state index contributed by atoms with van der Waals surface area (Å²) in [5, 5.41) is 4.33. The minimum absolute atomic E-state index is 0.119.